The van der Waals surface area contributed by atoms with Crippen LogP contribution in [-0.2, 0) is 12.8 Å². The minimum Gasteiger partial charge on any atom is -0.399 e. The molecule has 0 aliphatic carbocycles. The van der Waals surface area contributed by atoms with Crippen molar-refractivity contribution in [1.82, 2.24) is 9.97 Å². The van der Waals surface area contributed by atoms with Gasteiger partial charge in [-0.2, -0.15) is 0 Å². The number of anilines is 1. The van der Waals surface area contributed by atoms with Gasteiger partial charge in [0.25, 0.3) is 0 Å². The smallest absolute Gasteiger partial charge is 0.0845 e. The highest BCUT2D eigenvalue weighted by atomic mass is 14.9. The van der Waals surface area contributed by atoms with Crippen molar-refractivity contribution in [2.45, 2.75) is 59.5 Å². The molecule has 7 nitrogen and oxygen atoms in total. The predicted octanol–water partition coefficient (Wildman–Crippen LogP) is 6.54. The molecular weight excluding hydrogens is 542 g/mol. The third-order valence-corrected chi connectivity index (χ3v) is 7.85. The Morgan fingerprint density at radius 2 is 0.909 bits per heavy atom. The SMILES string of the molecule is CC1=NC[C@H](Cc2ccc(C)cc2)N=C(C)c2cccc(n2)C(C)=NCC(Cc2ccc(N)cc2)N=C(C)c2cccc1n2. The van der Waals surface area contributed by atoms with Crippen LogP contribution in [0.25, 0.3) is 0 Å². The van der Waals surface area contributed by atoms with Crippen molar-refractivity contribution < 1.29 is 0 Å². The standard InChI is InChI=1S/C37H41N7/c1-24-12-14-29(15-13-24)20-32-22-39-25(2)34-8-7-11-37(44-34)28(5)42-33(21-30-16-18-31(38)19-17-30)23-40-26(3)35-9-6-10-36(43-35)27(4)41-32/h6-19,32-33H,20-23,38H2,1-5H3/t32-,33?/m0/s1. The maximum absolute atomic E-state index is 5.94. The molecule has 2 atom stereocenters. The molecule has 0 fully saturated rings. The van der Waals surface area contributed by atoms with E-state index >= 15 is 0 Å². The molecule has 3 heterocycles. The van der Waals surface area contributed by atoms with Crippen LogP contribution in [0.4, 0.5) is 5.69 Å². The minimum absolute atomic E-state index is 0.0488. The molecule has 0 radical (unpaired) electrons. The minimum atomic E-state index is -0.0818. The van der Waals surface area contributed by atoms with Crippen LogP contribution in [-0.4, -0.2) is 58.0 Å². The number of nitrogens with two attached hydrogens (primary N) is 1. The Labute approximate surface area is 260 Å². The summed E-state index contributed by atoms with van der Waals surface area (Å²) in [6.45, 7) is 11.2. The van der Waals surface area contributed by atoms with Gasteiger partial charge in [0.1, 0.15) is 0 Å². The lowest BCUT2D eigenvalue weighted by Crippen LogP contribution is -2.19. The summed E-state index contributed by atoms with van der Waals surface area (Å²) in [5, 5.41) is 0. The van der Waals surface area contributed by atoms with E-state index in [9.17, 15) is 0 Å². The van der Waals surface area contributed by atoms with Crippen molar-refractivity contribution in [3.63, 3.8) is 0 Å². The Hall–Kier alpha value is -4.78. The summed E-state index contributed by atoms with van der Waals surface area (Å²) in [6.07, 6.45) is 1.51. The third kappa shape index (κ3) is 8.19. The molecule has 2 N–H and O–H groups in total. The van der Waals surface area contributed by atoms with E-state index in [0.29, 0.717) is 13.1 Å². The molecule has 1 aliphatic heterocycles. The van der Waals surface area contributed by atoms with Crippen molar-refractivity contribution in [2.75, 3.05) is 18.8 Å². The lowest BCUT2D eigenvalue weighted by atomic mass is 10.0. The first-order chi connectivity index (χ1) is 21.2. The fourth-order valence-corrected chi connectivity index (χ4v) is 5.23. The maximum atomic E-state index is 5.94. The van der Waals surface area contributed by atoms with Gasteiger partial charge in [-0.15, -0.1) is 0 Å². The Balaban J connectivity index is 1.55. The molecule has 5 rings (SSSR count). The first kappa shape index (κ1) is 30.7. The van der Waals surface area contributed by atoms with Crippen LogP contribution in [0.1, 0.15) is 67.2 Å². The van der Waals surface area contributed by atoms with E-state index in [1.165, 1.54) is 11.1 Å². The number of nitrogen functional groups attached to an aromatic ring is 1. The summed E-state index contributed by atoms with van der Waals surface area (Å²) < 4.78 is 0. The van der Waals surface area contributed by atoms with E-state index in [1.807, 2.05) is 76.2 Å². The number of hydrogen-bond donors (Lipinski definition) is 1. The molecule has 44 heavy (non-hydrogen) atoms. The van der Waals surface area contributed by atoms with Crippen molar-refractivity contribution in [3.05, 3.63) is 124 Å². The van der Waals surface area contributed by atoms with Gasteiger partial charge in [0.15, 0.2) is 0 Å². The van der Waals surface area contributed by atoms with E-state index in [2.05, 4.69) is 43.3 Å². The van der Waals surface area contributed by atoms with Gasteiger partial charge in [-0.25, -0.2) is 9.97 Å². The lowest BCUT2D eigenvalue weighted by Gasteiger charge is -2.15. The van der Waals surface area contributed by atoms with Gasteiger partial charge in [-0.1, -0.05) is 54.1 Å². The van der Waals surface area contributed by atoms with Gasteiger partial charge in [0.05, 0.1) is 70.8 Å². The highest BCUT2D eigenvalue weighted by Gasteiger charge is 2.15. The monoisotopic (exact) mass is 583 g/mol. The normalized spacial score (nSPS) is 17.8. The van der Waals surface area contributed by atoms with Crippen molar-refractivity contribution in [3.8, 4) is 0 Å². The van der Waals surface area contributed by atoms with Crippen LogP contribution in [0, 0.1) is 6.92 Å². The second-order valence-electron chi connectivity index (χ2n) is 11.5. The zero-order chi connectivity index (χ0) is 31.1. The number of hydrogen-bond acceptors (Lipinski definition) is 7. The second kappa shape index (κ2) is 14.1. The van der Waals surface area contributed by atoms with Gasteiger partial charge >= 0.3 is 0 Å². The van der Waals surface area contributed by atoms with E-state index in [4.69, 9.17) is 35.7 Å². The number of pyridine rings is 2. The number of aromatic nitrogens is 2. The lowest BCUT2D eigenvalue weighted by molar-refractivity contribution is 0.680. The first-order valence-electron chi connectivity index (χ1n) is 15.2. The van der Waals surface area contributed by atoms with Crippen LogP contribution >= 0.6 is 0 Å². The number of nitrogens with zero attached hydrogens (tertiary/aromatic N) is 6. The highest BCUT2D eigenvalue weighted by Crippen LogP contribution is 2.15. The van der Waals surface area contributed by atoms with E-state index in [-0.39, 0.29) is 12.1 Å². The summed E-state index contributed by atoms with van der Waals surface area (Å²) >= 11 is 0. The number of rotatable bonds is 4. The summed E-state index contributed by atoms with van der Waals surface area (Å²) in [5.74, 6) is 0. The number of aliphatic imine (C=N–C) groups is 4. The highest BCUT2D eigenvalue weighted by molar-refractivity contribution is 6.02. The van der Waals surface area contributed by atoms with E-state index in [0.717, 1.165) is 69.7 Å². The maximum Gasteiger partial charge on any atom is 0.0845 e. The number of benzene rings is 2. The van der Waals surface area contributed by atoms with Crippen LogP contribution in [0.3, 0.4) is 0 Å². The molecule has 4 bridgehead atoms. The fraction of sp³-hybridized carbons (Fsp3) is 0.297. The summed E-state index contributed by atoms with van der Waals surface area (Å²) in [4.78, 5) is 30.2. The van der Waals surface area contributed by atoms with Gasteiger partial charge in [0.2, 0.25) is 0 Å². The summed E-state index contributed by atoms with van der Waals surface area (Å²) in [5.41, 5.74) is 17.2. The second-order valence-corrected chi connectivity index (χ2v) is 11.5. The molecule has 0 spiro atoms. The fourth-order valence-electron chi connectivity index (χ4n) is 5.23. The predicted molar refractivity (Wildman–Crippen MR) is 184 cm³/mol. The Morgan fingerprint density at radius 3 is 1.34 bits per heavy atom. The molecule has 7 heteroatoms. The largest absolute Gasteiger partial charge is 0.399 e. The van der Waals surface area contributed by atoms with E-state index in [1.54, 1.807) is 0 Å². The molecule has 1 aliphatic rings. The van der Waals surface area contributed by atoms with Crippen molar-refractivity contribution in [2.24, 2.45) is 20.0 Å². The molecule has 224 valence electrons. The first-order valence-corrected chi connectivity index (χ1v) is 15.2. The van der Waals surface area contributed by atoms with Gasteiger partial charge in [-0.05, 0) is 95.0 Å². The van der Waals surface area contributed by atoms with Crippen LogP contribution in [0.2, 0.25) is 0 Å². The van der Waals surface area contributed by atoms with Gasteiger partial charge < -0.3 is 5.73 Å². The third-order valence-electron chi connectivity index (χ3n) is 7.85. The topological polar surface area (TPSA) is 101 Å². The Morgan fingerprint density at radius 1 is 0.523 bits per heavy atom. The molecule has 0 saturated carbocycles. The van der Waals surface area contributed by atoms with E-state index < -0.39 is 0 Å². The van der Waals surface area contributed by atoms with Crippen molar-refractivity contribution in [1.29, 1.82) is 0 Å². The molecule has 0 saturated heterocycles. The van der Waals surface area contributed by atoms with Gasteiger partial charge in [0, 0.05) is 5.69 Å². The zero-order valence-corrected chi connectivity index (χ0v) is 26.3. The number of aryl methyl sites for hydroxylation is 1. The Bertz CT molecular complexity index is 1580. The molecule has 1 unspecified atom stereocenters. The van der Waals surface area contributed by atoms with Crippen LogP contribution in [0.15, 0.2) is 105 Å². The summed E-state index contributed by atoms with van der Waals surface area (Å²) in [7, 11) is 0. The van der Waals surface area contributed by atoms with Crippen molar-refractivity contribution >= 4 is 28.5 Å². The van der Waals surface area contributed by atoms with Gasteiger partial charge in [-0.3, -0.25) is 20.0 Å². The molecule has 0 amide bonds. The molecule has 4 aromatic rings. The average molecular weight is 584 g/mol. The quantitative estimate of drug-likeness (QED) is 0.276. The van der Waals surface area contributed by atoms with Crippen LogP contribution in [0.5, 0.6) is 0 Å². The summed E-state index contributed by atoms with van der Waals surface area (Å²) in [6, 6.07) is 28.6. The average Bonchev–Trinajstić information content (AvgIpc) is 3.04. The molecule has 2 aromatic heterocycles. The number of fused-ring (bicyclic) bond motifs is 4. The molecular formula is C37H41N7. The zero-order valence-electron chi connectivity index (χ0n) is 26.3. The molecule has 2 aromatic carbocycles. The Kier molecular flexibility index (Phi) is 9.85. The van der Waals surface area contributed by atoms with Crippen LogP contribution < -0.4 is 5.73 Å².